The summed E-state index contributed by atoms with van der Waals surface area (Å²) in [5.74, 6) is 0.548. The normalized spacial score (nSPS) is 28.7. The largest absolute Gasteiger partial charge is 0.475 e. The number of hydrogen-bond acceptors (Lipinski definition) is 3. The Bertz CT molecular complexity index is 398. The summed E-state index contributed by atoms with van der Waals surface area (Å²) in [5.41, 5.74) is 0. The van der Waals surface area contributed by atoms with Crippen LogP contribution >= 0.6 is 0 Å². The van der Waals surface area contributed by atoms with Crippen molar-refractivity contribution in [2.45, 2.75) is 25.3 Å². The zero-order chi connectivity index (χ0) is 10.4. The summed E-state index contributed by atoms with van der Waals surface area (Å²) in [6.45, 7) is 1.03. The third-order valence-corrected chi connectivity index (χ3v) is 3.49. The first-order chi connectivity index (χ1) is 7.24. The van der Waals surface area contributed by atoms with Crippen LogP contribution in [-0.4, -0.2) is 23.7 Å². The lowest BCUT2D eigenvalue weighted by Gasteiger charge is -2.26. The molecule has 2 bridgehead atoms. The number of anilines is 1. The third kappa shape index (κ3) is 1.32. The smallest absolute Gasteiger partial charge is 0.371 e. The van der Waals surface area contributed by atoms with Crippen LogP contribution in [-0.2, 0) is 0 Å². The first-order valence-electron chi connectivity index (χ1n) is 5.34. The molecule has 3 rings (SSSR count). The fourth-order valence-electron chi connectivity index (χ4n) is 2.79. The van der Waals surface area contributed by atoms with Gasteiger partial charge in [-0.05, 0) is 31.2 Å². The fourth-order valence-corrected chi connectivity index (χ4v) is 2.79. The summed E-state index contributed by atoms with van der Waals surface area (Å²) in [5, 5.41) is 8.76. The molecule has 1 aromatic rings. The summed E-state index contributed by atoms with van der Waals surface area (Å²) < 4.78 is 5.31. The maximum atomic E-state index is 10.7. The van der Waals surface area contributed by atoms with Crippen LogP contribution in [0.1, 0.15) is 29.8 Å². The van der Waals surface area contributed by atoms with Gasteiger partial charge in [0, 0.05) is 18.7 Å². The number of fused-ring (bicyclic) bond motifs is 2. The highest BCUT2D eigenvalue weighted by molar-refractivity contribution is 5.84. The van der Waals surface area contributed by atoms with E-state index in [4.69, 9.17) is 9.52 Å². The molecule has 2 aliphatic rings. The molecule has 4 heteroatoms. The number of hydrogen-bond donors (Lipinski definition) is 1. The van der Waals surface area contributed by atoms with Gasteiger partial charge < -0.3 is 14.4 Å². The molecule has 2 unspecified atom stereocenters. The molecule has 2 atom stereocenters. The second kappa shape index (κ2) is 3.02. The van der Waals surface area contributed by atoms with Crippen LogP contribution < -0.4 is 4.90 Å². The van der Waals surface area contributed by atoms with Crippen molar-refractivity contribution < 1.29 is 14.3 Å². The van der Waals surface area contributed by atoms with Gasteiger partial charge in [0.05, 0.1) is 0 Å². The van der Waals surface area contributed by atoms with Crippen molar-refractivity contribution in [3.8, 4) is 0 Å². The predicted molar refractivity (Wildman–Crippen MR) is 54.1 cm³/mol. The number of carboxylic acids is 1. The van der Waals surface area contributed by atoms with Gasteiger partial charge in [0.15, 0.2) is 5.88 Å². The minimum absolute atomic E-state index is 0.0350. The van der Waals surface area contributed by atoms with Gasteiger partial charge in [-0.2, -0.15) is 0 Å². The second-order valence-corrected chi connectivity index (χ2v) is 4.43. The van der Waals surface area contributed by atoms with Crippen molar-refractivity contribution in [1.29, 1.82) is 0 Å². The fraction of sp³-hybridized carbons (Fsp3) is 0.545. The standard InChI is InChI=1S/C11H13NO3/c13-11(14)9-3-4-10(15-9)12-6-7-1-2-8(12)5-7/h3-4,7-8H,1-2,5-6H2,(H,13,14). The molecule has 1 saturated heterocycles. The van der Waals surface area contributed by atoms with Crippen molar-refractivity contribution in [3.05, 3.63) is 17.9 Å². The molecule has 0 spiro atoms. The SMILES string of the molecule is O=C(O)c1ccc(N2CC3CCC2C3)o1. The maximum absolute atomic E-state index is 10.7. The van der Waals surface area contributed by atoms with E-state index in [1.165, 1.54) is 25.3 Å². The molecular formula is C11H13NO3. The molecule has 0 radical (unpaired) electrons. The third-order valence-electron chi connectivity index (χ3n) is 3.49. The highest BCUT2D eigenvalue weighted by Crippen LogP contribution is 2.40. The predicted octanol–water partition coefficient (Wildman–Crippen LogP) is 1.97. The zero-order valence-electron chi connectivity index (χ0n) is 8.35. The van der Waals surface area contributed by atoms with E-state index in [1.807, 2.05) is 0 Å². The van der Waals surface area contributed by atoms with Crippen LogP contribution in [0.15, 0.2) is 16.5 Å². The van der Waals surface area contributed by atoms with Crippen LogP contribution in [0.2, 0.25) is 0 Å². The van der Waals surface area contributed by atoms with Gasteiger partial charge in [0.25, 0.3) is 0 Å². The Balaban J connectivity index is 1.84. The van der Waals surface area contributed by atoms with Crippen LogP contribution in [0.25, 0.3) is 0 Å². The lowest BCUT2D eigenvalue weighted by molar-refractivity contribution is 0.0663. The Morgan fingerprint density at radius 2 is 2.33 bits per heavy atom. The quantitative estimate of drug-likeness (QED) is 0.805. The van der Waals surface area contributed by atoms with Crippen LogP contribution in [0, 0.1) is 5.92 Å². The molecule has 1 aromatic heterocycles. The van der Waals surface area contributed by atoms with E-state index in [0.717, 1.165) is 18.3 Å². The number of carbonyl (C=O) groups is 1. The summed E-state index contributed by atoms with van der Waals surface area (Å²) in [7, 11) is 0. The summed E-state index contributed by atoms with van der Waals surface area (Å²) in [4.78, 5) is 12.9. The van der Waals surface area contributed by atoms with Gasteiger partial charge in [0.2, 0.25) is 5.76 Å². The number of piperidine rings is 1. The monoisotopic (exact) mass is 207 g/mol. The van der Waals surface area contributed by atoms with Gasteiger partial charge in [-0.25, -0.2) is 4.79 Å². The van der Waals surface area contributed by atoms with Gasteiger partial charge >= 0.3 is 5.97 Å². The van der Waals surface area contributed by atoms with E-state index < -0.39 is 5.97 Å². The Hall–Kier alpha value is -1.45. The van der Waals surface area contributed by atoms with E-state index in [1.54, 1.807) is 6.07 Å². The van der Waals surface area contributed by atoms with E-state index in [-0.39, 0.29) is 5.76 Å². The minimum Gasteiger partial charge on any atom is -0.475 e. The molecule has 0 aromatic carbocycles. The summed E-state index contributed by atoms with van der Waals surface area (Å²) in [6.07, 6.45) is 3.77. The summed E-state index contributed by atoms with van der Waals surface area (Å²) in [6, 6.07) is 3.87. The van der Waals surface area contributed by atoms with Crippen molar-refractivity contribution in [2.24, 2.45) is 5.92 Å². The van der Waals surface area contributed by atoms with Crippen molar-refractivity contribution in [1.82, 2.24) is 0 Å². The van der Waals surface area contributed by atoms with E-state index in [0.29, 0.717) is 6.04 Å². The molecule has 2 fully saturated rings. The number of rotatable bonds is 2. The lowest BCUT2D eigenvalue weighted by Crippen LogP contribution is -2.31. The van der Waals surface area contributed by atoms with E-state index in [2.05, 4.69) is 4.90 Å². The van der Waals surface area contributed by atoms with Gasteiger partial charge in [-0.3, -0.25) is 0 Å². The second-order valence-electron chi connectivity index (χ2n) is 4.43. The van der Waals surface area contributed by atoms with Gasteiger partial charge in [-0.15, -0.1) is 0 Å². The molecule has 0 amide bonds. The first kappa shape index (κ1) is 8.83. The molecule has 1 N–H and O–H groups in total. The van der Waals surface area contributed by atoms with Crippen molar-refractivity contribution in [2.75, 3.05) is 11.4 Å². The molecule has 4 nitrogen and oxygen atoms in total. The zero-order valence-corrected chi connectivity index (χ0v) is 8.35. The highest BCUT2D eigenvalue weighted by Gasteiger charge is 2.39. The van der Waals surface area contributed by atoms with Crippen LogP contribution in [0.4, 0.5) is 5.88 Å². The number of aromatic carboxylic acids is 1. The Kier molecular flexibility index (Phi) is 1.78. The van der Waals surface area contributed by atoms with E-state index >= 15 is 0 Å². The minimum atomic E-state index is -0.995. The molecule has 80 valence electrons. The lowest BCUT2D eigenvalue weighted by atomic mass is 10.1. The Morgan fingerprint density at radius 1 is 1.47 bits per heavy atom. The average Bonchev–Trinajstić information content (AvgIpc) is 2.93. The topological polar surface area (TPSA) is 53.7 Å². The molecule has 1 aliphatic heterocycles. The van der Waals surface area contributed by atoms with Crippen molar-refractivity contribution >= 4 is 11.9 Å². The number of furan rings is 1. The summed E-state index contributed by atoms with van der Waals surface area (Å²) >= 11 is 0. The molecule has 1 aliphatic carbocycles. The van der Waals surface area contributed by atoms with Crippen molar-refractivity contribution in [3.63, 3.8) is 0 Å². The number of nitrogens with zero attached hydrogens (tertiary/aromatic N) is 1. The highest BCUT2D eigenvalue weighted by atomic mass is 16.4. The Morgan fingerprint density at radius 3 is 2.87 bits per heavy atom. The van der Waals surface area contributed by atoms with E-state index in [9.17, 15) is 4.79 Å². The first-order valence-corrected chi connectivity index (χ1v) is 5.34. The molecule has 15 heavy (non-hydrogen) atoms. The van der Waals surface area contributed by atoms with Crippen LogP contribution in [0.5, 0.6) is 0 Å². The Labute approximate surface area is 87.5 Å². The molecule has 1 saturated carbocycles. The molecular weight excluding hydrogens is 194 g/mol. The average molecular weight is 207 g/mol. The van der Waals surface area contributed by atoms with Gasteiger partial charge in [-0.1, -0.05) is 0 Å². The van der Waals surface area contributed by atoms with Crippen LogP contribution in [0.3, 0.4) is 0 Å². The molecule has 2 heterocycles. The number of carboxylic acid groups (broad SMARTS) is 1. The maximum Gasteiger partial charge on any atom is 0.371 e. The van der Waals surface area contributed by atoms with Gasteiger partial charge in [0.1, 0.15) is 0 Å².